The number of rotatable bonds is 5. The molecular formula is C14H16N4O3. The van der Waals surface area contributed by atoms with Gasteiger partial charge >= 0.3 is 5.97 Å². The molecule has 0 unspecified atom stereocenters. The Hall–Kier alpha value is -2.57. The van der Waals surface area contributed by atoms with Crippen molar-refractivity contribution in [1.29, 1.82) is 0 Å². The second-order valence-corrected chi connectivity index (χ2v) is 4.07. The Kier molecular flexibility index (Phi) is 4.76. The van der Waals surface area contributed by atoms with Crippen LogP contribution in [0.25, 0.3) is 11.5 Å². The Morgan fingerprint density at radius 3 is 2.71 bits per heavy atom. The molecule has 110 valence electrons. The number of aryl methyl sites for hydroxylation is 1. The average Bonchev–Trinajstić information content (AvgIpc) is 2.54. The average molecular weight is 288 g/mol. The van der Waals surface area contributed by atoms with Gasteiger partial charge in [0.15, 0.2) is 5.82 Å². The summed E-state index contributed by atoms with van der Waals surface area (Å²) in [6, 6.07) is 1.64. The summed E-state index contributed by atoms with van der Waals surface area (Å²) in [5.41, 5.74) is 1.53. The molecule has 2 aromatic rings. The molecule has 0 saturated heterocycles. The molecule has 0 aliphatic carbocycles. The maximum absolute atomic E-state index is 11.8. The minimum Gasteiger partial charge on any atom is -0.481 e. The van der Waals surface area contributed by atoms with Crippen molar-refractivity contribution in [2.75, 3.05) is 13.7 Å². The van der Waals surface area contributed by atoms with E-state index in [0.29, 0.717) is 41.7 Å². The number of carbonyl (C=O) groups is 1. The second-order valence-electron chi connectivity index (χ2n) is 4.07. The number of methoxy groups -OCH3 is 1. The van der Waals surface area contributed by atoms with Gasteiger partial charge in [0.2, 0.25) is 5.88 Å². The molecular weight excluding hydrogens is 272 g/mol. The third-order valence-corrected chi connectivity index (χ3v) is 2.78. The summed E-state index contributed by atoms with van der Waals surface area (Å²) < 4.78 is 10.0. The molecule has 7 nitrogen and oxygen atoms in total. The van der Waals surface area contributed by atoms with E-state index < -0.39 is 5.97 Å². The van der Waals surface area contributed by atoms with Crippen LogP contribution in [-0.4, -0.2) is 39.6 Å². The zero-order chi connectivity index (χ0) is 15.2. The fourth-order valence-corrected chi connectivity index (χ4v) is 1.76. The molecule has 21 heavy (non-hydrogen) atoms. The molecule has 2 aromatic heterocycles. The lowest BCUT2D eigenvalue weighted by Crippen LogP contribution is -2.11. The summed E-state index contributed by atoms with van der Waals surface area (Å²) >= 11 is 0. The standard InChI is InChI=1S/C14H16N4O3/c1-4-10-9(14(19)21-5-2)7-15-13(18-10)11-6-12(20-3)17-8-16-11/h6-8H,4-5H2,1-3H3. The number of esters is 1. The summed E-state index contributed by atoms with van der Waals surface area (Å²) in [4.78, 5) is 28.4. The molecule has 0 N–H and O–H groups in total. The lowest BCUT2D eigenvalue weighted by molar-refractivity contribution is 0.0524. The Bertz CT molecular complexity index is 646. The van der Waals surface area contributed by atoms with Crippen molar-refractivity contribution >= 4 is 5.97 Å². The zero-order valence-electron chi connectivity index (χ0n) is 12.2. The van der Waals surface area contributed by atoms with Crippen LogP contribution in [0.1, 0.15) is 29.9 Å². The summed E-state index contributed by atoms with van der Waals surface area (Å²) in [6.07, 6.45) is 3.43. The molecule has 0 spiro atoms. The molecule has 0 atom stereocenters. The van der Waals surface area contributed by atoms with Gasteiger partial charge in [0.25, 0.3) is 0 Å². The Balaban J connectivity index is 2.40. The molecule has 0 aliphatic rings. The summed E-state index contributed by atoms with van der Waals surface area (Å²) in [5.74, 6) is 0.429. The van der Waals surface area contributed by atoms with Crippen molar-refractivity contribution in [3.8, 4) is 17.4 Å². The first kappa shape index (κ1) is 14.8. The van der Waals surface area contributed by atoms with Crippen molar-refractivity contribution in [3.63, 3.8) is 0 Å². The lowest BCUT2D eigenvalue weighted by atomic mass is 10.2. The minimum atomic E-state index is -0.416. The molecule has 0 saturated carbocycles. The van der Waals surface area contributed by atoms with E-state index in [2.05, 4.69) is 19.9 Å². The van der Waals surface area contributed by atoms with Gasteiger partial charge in [-0.3, -0.25) is 0 Å². The largest absolute Gasteiger partial charge is 0.481 e. The number of hydrogen-bond acceptors (Lipinski definition) is 7. The van der Waals surface area contributed by atoms with Gasteiger partial charge in [0.1, 0.15) is 12.0 Å². The van der Waals surface area contributed by atoms with Gasteiger partial charge in [-0.05, 0) is 13.3 Å². The van der Waals surface area contributed by atoms with Gasteiger partial charge < -0.3 is 9.47 Å². The van der Waals surface area contributed by atoms with Crippen LogP contribution >= 0.6 is 0 Å². The van der Waals surface area contributed by atoms with Crippen LogP contribution < -0.4 is 4.74 Å². The SMILES string of the molecule is CCOC(=O)c1cnc(-c2cc(OC)ncn2)nc1CC. The number of carbonyl (C=O) groups excluding carboxylic acids is 1. The van der Waals surface area contributed by atoms with E-state index in [0.717, 1.165) is 0 Å². The highest BCUT2D eigenvalue weighted by atomic mass is 16.5. The number of hydrogen-bond donors (Lipinski definition) is 0. The molecule has 0 amide bonds. The highest BCUT2D eigenvalue weighted by Crippen LogP contribution is 2.18. The van der Waals surface area contributed by atoms with E-state index in [4.69, 9.17) is 9.47 Å². The van der Waals surface area contributed by atoms with Crippen LogP contribution in [-0.2, 0) is 11.2 Å². The monoisotopic (exact) mass is 288 g/mol. The molecule has 0 fully saturated rings. The van der Waals surface area contributed by atoms with E-state index in [9.17, 15) is 4.79 Å². The topological polar surface area (TPSA) is 87.1 Å². The summed E-state index contributed by atoms with van der Waals surface area (Å²) in [6.45, 7) is 3.98. The third-order valence-electron chi connectivity index (χ3n) is 2.78. The zero-order valence-corrected chi connectivity index (χ0v) is 12.2. The quantitative estimate of drug-likeness (QED) is 0.773. The molecule has 2 rings (SSSR count). The molecule has 0 aliphatic heterocycles. The van der Waals surface area contributed by atoms with E-state index in [1.165, 1.54) is 19.6 Å². The third kappa shape index (κ3) is 3.31. The fraction of sp³-hybridized carbons (Fsp3) is 0.357. The van der Waals surface area contributed by atoms with Crippen molar-refractivity contribution in [2.24, 2.45) is 0 Å². The molecule has 0 radical (unpaired) electrons. The first-order chi connectivity index (χ1) is 10.2. The predicted molar refractivity (Wildman–Crippen MR) is 74.9 cm³/mol. The first-order valence-corrected chi connectivity index (χ1v) is 6.59. The van der Waals surface area contributed by atoms with Crippen molar-refractivity contribution in [1.82, 2.24) is 19.9 Å². The van der Waals surface area contributed by atoms with Crippen molar-refractivity contribution < 1.29 is 14.3 Å². The van der Waals surface area contributed by atoms with Gasteiger partial charge in [-0.2, -0.15) is 0 Å². The van der Waals surface area contributed by atoms with Gasteiger partial charge in [0.05, 0.1) is 25.0 Å². The van der Waals surface area contributed by atoms with Gasteiger partial charge in [-0.1, -0.05) is 6.92 Å². The Morgan fingerprint density at radius 2 is 2.05 bits per heavy atom. The van der Waals surface area contributed by atoms with E-state index in [1.54, 1.807) is 13.0 Å². The maximum atomic E-state index is 11.8. The van der Waals surface area contributed by atoms with Crippen LogP contribution in [0, 0.1) is 0 Å². The van der Waals surface area contributed by atoms with Gasteiger partial charge in [0, 0.05) is 12.3 Å². The summed E-state index contributed by atoms with van der Waals surface area (Å²) in [5, 5.41) is 0. The predicted octanol–water partition coefficient (Wildman–Crippen LogP) is 1.68. The van der Waals surface area contributed by atoms with Crippen LogP contribution in [0.4, 0.5) is 0 Å². The van der Waals surface area contributed by atoms with Crippen LogP contribution in [0.2, 0.25) is 0 Å². The minimum absolute atomic E-state index is 0.312. The normalized spacial score (nSPS) is 10.2. The van der Waals surface area contributed by atoms with Gasteiger partial charge in [-0.25, -0.2) is 24.7 Å². The maximum Gasteiger partial charge on any atom is 0.341 e. The van der Waals surface area contributed by atoms with Gasteiger partial charge in [-0.15, -0.1) is 0 Å². The van der Waals surface area contributed by atoms with E-state index >= 15 is 0 Å². The smallest absolute Gasteiger partial charge is 0.341 e. The van der Waals surface area contributed by atoms with Crippen LogP contribution in [0.15, 0.2) is 18.6 Å². The molecule has 2 heterocycles. The number of nitrogens with zero attached hydrogens (tertiary/aromatic N) is 4. The Morgan fingerprint density at radius 1 is 1.24 bits per heavy atom. The first-order valence-electron chi connectivity index (χ1n) is 6.59. The number of ether oxygens (including phenoxy) is 2. The highest BCUT2D eigenvalue weighted by Gasteiger charge is 2.16. The van der Waals surface area contributed by atoms with E-state index in [-0.39, 0.29) is 0 Å². The molecule has 0 aromatic carbocycles. The second kappa shape index (κ2) is 6.74. The molecule has 7 heteroatoms. The van der Waals surface area contributed by atoms with Crippen LogP contribution in [0.3, 0.4) is 0 Å². The van der Waals surface area contributed by atoms with Crippen molar-refractivity contribution in [2.45, 2.75) is 20.3 Å². The lowest BCUT2D eigenvalue weighted by Gasteiger charge is -2.08. The van der Waals surface area contributed by atoms with Crippen LogP contribution in [0.5, 0.6) is 5.88 Å². The molecule has 0 bridgehead atoms. The van der Waals surface area contributed by atoms with E-state index in [1.807, 2.05) is 6.92 Å². The van der Waals surface area contributed by atoms with Crippen molar-refractivity contribution in [3.05, 3.63) is 29.8 Å². The summed E-state index contributed by atoms with van der Waals surface area (Å²) in [7, 11) is 1.52. The number of aromatic nitrogens is 4. The Labute approximate surface area is 122 Å². The highest BCUT2D eigenvalue weighted by molar-refractivity contribution is 5.90. The fourth-order valence-electron chi connectivity index (χ4n) is 1.76.